The van der Waals surface area contributed by atoms with Crippen molar-refractivity contribution in [2.24, 2.45) is 0 Å². The summed E-state index contributed by atoms with van der Waals surface area (Å²) in [6, 6.07) is 1.54. The van der Waals surface area contributed by atoms with E-state index in [9.17, 15) is 4.79 Å². The lowest BCUT2D eigenvalue weighted by Gasteiger charge is -2.20. The van der Waals surface area contributed by atoms with E-state index in [4.69, 9.17) is 9.52 Å². The summed E-state index contributed by atoms with van der Waals surface area (Å²) in [6.45, 7) is 0. The molecule has 0 amide bonds. The molecule has 2 aromatic heterocycles. The van der Waals surface area contributed by atoms with Crippen LogP contribution in [0.5, 0.6) is 0 Å². The number of nitrogens with zero attached hydrogens (tertiary/aromatic N) is 2. The predicted molar refractivity (Wildman–Crippen MR) is 64.6 cm³/mol. The standard InChI is InChI=1S/C13H14N2O3/c16-13(17)10-6-9-11(8-4-2-1-3-5-8)14-7-15-12(9)18-10/h6-8H,1-5H2,(H,16,17). The number of aromatic nitrogens is 2. The highest BCUT2D eigenvalue weighted by atomic mass is 16.4. The second kappa shape index (κ2) is 4.40. The first kappa shape index (κ1) is 11.2. The number of carboxylic acids is 1. The quantitative estimate of drug-likeness (QED) is 0.881. The summed E-state index contributed by atoms with van der Waals surface area (Å²) < 4.78 is 5.21. The maximum atomic E-state index is 10.9. The summed E-state index contributed by atoms with van der Waals surface area (Å²) in [5.41, 5.74) is 1.32. The van der Waals surface area contributed by atoms with Crippen LogP contribution in [0.1, 0.15) is 54.3 Å². The van der Waals surface area contributed by atoms with E-state index in [1.54, 1.807) is 6.07 Å². The zero-order valence-corrected chi connectivity index (χ0v) is 9.93. The molecule has 0 radical (unpaired) electrons. The van der Waals surface area contributed by atoms with Crippen molar-refractivity contribution in [3.05, 3.63) is 23.8 Å². The first-order valence-corrected chi connectivity index (χ1v) is 6.23. The molecule has 1 aliphatic rings. The van der Waals surface area contributed by atoms with Gasteiger partial charge < -0.3 is 9.52 Å². The van der Waals surface area contributed by atoms with Gasteiger partial charge in [-0.2, -0.15) is 0 Å². The molecule has 2 aromatic rings. The number of carbonyl (C=O) groups is 1. The van der Waals surface area contributed by atoms with Crippen LogP contribution >= 0.6 is 0 Å². The molecule has 0 unspecified atom stereocenters. The number of aromatic carboxylic acids is 1. The zero-order chi connectivity index (χ0) is 12.5. The molecule has 0 aliphatic heterocycles. The lowest BCUT2D eigenvalue weighted by atomic mass is 9.86. The van der Waals surface area contributed by atoms with E-state index in [1.165, 1.54) is 25.6 Å². The van der Waals surface area contributed by atoms with E-state index < -0.39 is 5.97 Å². The van der Waals surface area contributed by atoms with Crippen molar-refractivity contribution >= 4 is 17.1 Å². The minimum atomic E-state index is -1.07. The number of hydrogen-bond acceptors (Lipinski definition) is 4. The van der Waals surface area contributed by atoms with E-state index >= 15 is 0 Å². The van der Waals surface area contributed by atoms with Crippen molar-refractivity contribution in [3.8, 4) is 0 Å². The normalized spacial score (nSPS) is 17.1. The lowest BCUT2D eigenvalue weighted by molar-refractivity contribution is 0.0664. The highest BCUT2D eigenvalue weighted by Gasteiger charge is 2.22. The fourth-order valence-electron chi connectivity index (χ4n) is 2.68. The molecule has 0 aromatic carbocycles. The Morgan fingerprint density at radius 2 is 2.06 bits per heavy atom. The molecule has 0 spiro atoms. The van der Waals surface area contributed by atoms with Gasteiger partial charge in [-0.3, -0.25) is 0 Å². The van der Waals surface area contributed by atoms with Gasteiger partial charge in [-0.1, -0.05) is 19.3 Å². The molecule has 5 heteroatoms. The van der Waals surface area contributed by atoms with E-state index in [0.717, 1.165) is 23.9 Å². The fraction of sp³-hybridized carbons (Fsp3) is 0.462. The Morgan fingerprint density at radius 3 is 2.78 bits per heavy atom. The van der Waals surface area contributed by atoms with E-state index in [-0.39, 0.29) is 5.76 Å². The molecule has 1 N–H and O–H groups in total. The molecular weight excluding hydrogens is 232 g/mol. The van der Waals surface area contributed by atoms with Gasteiger partial charge in [0.25, 0.3) is 0 Å². The molecule has 18 heavy (non-hydrogen) atoms. The Labute approximate surface area is 104 Å². The molecule has 0 saturated heterocycles. The summed E-state index contributed by atoms with van der Waals surface area (Å²) in [7, 11) is 0. The number of carboxylic acid groups (broad SMARTS) is 1. The average Bonchev–Trinajstić information content (AvgIpc) is 2.83. The maximum Gasteiger partial charge on any atom is 0.371 e. The first-order chi connectivity index (χ1) is 8.75. The second-order valence-electron chi connectivity index (χ2n) is 4.73. The highest BCUT2D eigenvalue weighted by molar-refractivity contribution is 5.91. The van der Waals surface area contributed by atoms with Crippen LogP contribution in [0.4, 0.5) is 0 Å². The van der Waals surface area contributed by atoms with Crippen molar-refractivity contribution < 1.29 is 14.3 Å². The second-order valence-corrected chi connectivity index (χ2v) is 4.73. The summed E-state index contributed by atoms with van der Waals surface area (Å²) in [6.07, 6.45) is 7.37. The van der Waals surface area contributed by atoms with Crippen molar-refractivity contribution in [2.75, 3.05) is 0 Å². The third-order valence-electron chi connectivity index (χ3n) is 3.56. The zero-order valence-electron chi connectivity index (χ0n) is 9.93. The highest BCUT2D eigenvalue weighted by Crippen LogP contribution is 2.35. The third-order valence-corrected chi connectivity index (χ3v) is 3.56. The summed E-state index contributed by atoms with van der Waals surface area (Å²) in [4.78, 5) is 19.3. The molecular formula is C13H14N2O3. The van der Waals surface area contributed by atoms with Crippen LogP contribution in [0.15, 0.2) is 16.8 Å². The summed E-state index contributed by atoms with van der Waals surface area (Å²) >= 11 is 0. The Balaban J connectivity index is 2.07. The monoisotopic (exact) mass is 246 g/mol. The molecule has 0 bridgehead atoms. The van der Waals surface area contributed by atoms with E-state index in [0.29, 0.717) is 11.6 Å². The Morgan fingerprint density at radius 1 is 1.28 bits per heavy atom. The Bertz CT molecular complexity index is 585. The van der Waals surface area contributed by atoms with Gasteiger partial charge in [0.2, 0.25) is 11.5 Å². The van der Waals surface area contributed by atoms with Crippen LogP contribution < -0.4 is 0 Å². The van der Waals surface area contributed by atoms with Crippen LogP contribution in [-0.4, -0.2) is 21.0 Å². The lowest BCUT2D eigenvalue weighted by Crippen LogP contribution is -2.07. The largest absolute Gasteiger partial charge is 0.475 e. The average molecular weight is 246 g/mol. The van der Waals surface area contributed by atoms with Crippen LogP contribution in [-0.2, 0) is 0 Å². The van der Waals surface area contributed by atoms with Crippen molar-refractivity contribution in [1.29, 1.82) is 0 Å². The molecule has 94 valence electrons. The minimum absolute atomic E-state index is 0.0671. The van der Waals surface area contributed by atoms with Gasteiger partial charge in [0.05, 0.1) is 11.1 Å². The molecule has 5 nitrogen and oxygen atoms in total. The van der Waals surface area contributed by atoms with Gasteiger partial charge in [0.1, 0.15) is 6.33 Å². The Hall–Kier alpha value is -1.91. The maximum absolute atomic E-state index is 10.9. The van der Waals surface area contributed by atoms with Crippen LogP contribution in [0, 0.1) is 0 Å². The topological polar surface area (TPSA) is 76.2 Å². The number of fused-ring (bicyclic) bond motifs is 1. The molecule has 1 saturated carbocycles. The van der Waals surface area contributed by atoms with Gasteiger partial charge >= 0.3 is 5.97 Å². The van der Waals surface area contributed by atoms with E-state index in [1.807, 2.05) is 0 Å². The number of hydrogen-bond donors (Lipinski definition) is 1. The van der Waals surface area contributed by atoms with Crippen molar-refractivity contribution in [3.63, 3.8) is 0 Å². The van der Waals surface area contributed by atoms with E-state index in [2.05, 4.69) is 9.97 Å². The summed E-state index contributed by atoms with van der Waals surface area (Å²) in [5, 5.41) is 9.70. The molecule has 1 aliphatic carbocycles. The van der Waals surface area contributed by atoms with Crippen molar-refractivity contribution in [2.45, 2.75) is 38.0 Å². The van der Waals surface area contributed by atoms with Gasteiger partial charge in [-0.05, 0) is 12.8 Å². The first-order valence-electron chi connectivity index (χ1n) is 6.23. The summed E-state index contributed by atoms with van der Waals surface area (Å²) in [5.74, 6) is -0.728. The predicted octanol–water partition coefficient (Wildman–Crippen LogP) is 2.97. The molecule has 0 atom stereocenters. The van der Waals surface area contributed by atoms with Gasteiger partial charge in [0.15, 0.2) is 0 Å². The van der Waals surface area contributed by atoms with Crippen LogP contribution in [0.2, 0.25) is 0 Å². The molecule has 1 fully saturated rings. The van der Waals surface area contributed by atoms with Crippen LogP contribution in [0.25, 0.3) is 11.1 Å². The minimum Gasteiger partial charge on any atom is -0.475 e. The third kappa shape index (κ3) is 1.85. The van der Waals surface area contributed by atoms with Crippen molar-refractivity contribution in [1.82, 2.24) is 9.97 Å². The van der Waals surface area contributed by atoms with Gasteiger partial charge in [-0.25, -0.2) is 14.8 Å². The smallest absolute Gasteiger partial charge is 0.371 e. The molecule has 2 heterocycles. The molecule has 3 rings (SSSR count). The number of rotatable bonds is 2. The van der Waals surface area contributed by atoms with Crippen LogP contribution in [0.3, 0.4) is 0 Å². The van der Waals surface area contributed by atoms with Gasteiger partial charge in [-0.15, -0.1) is 0 Å². The van der Waals surface area contributed by atoms with Gasteiger partial charge in [0, 0.05) is 12.0 Å². The number of furan rings is 1. The fourth-order valence-corrected chi connectivity index (χ4v) is 2.68. The SMILES string of the molecule is O=C(O)c1cc2c(C3CCCCC3)ncnc2o1. The Kier molecular flexibility index (Phi) is 2.74.